The van der Waals surface area contributed by atoms with E-state index in [1.165, 1.54) is 24.6 Å². The average molecular weight is 417 g/mol. The highest BCUT2D eigenvalue weighted by atomic mass is 32.2. The second-order valence-corrected chi connectivity index (χ2v) is 9.96. The highest BCUT2D eigenvalue weighted by Crippen LogP contribution is 2.34. The normalized spacial score (nSPS) is 18.7. The molecular weight excluding hydrogens is 388 g/mol. The molecule has 28 heavy (non-hydrogen) atoms. The van der Waals surface area contributed by atoms with Crippen LogP contribution in [0.4, 0.5) is 5.69 Å². The van der Waals surface area contributed by atoms with Gasteiger partial charge in [-0.2, -0.15) is 0 Å². The molecule has 0 bridgehead atoms. The lowest BCUT2D eigenvalue weighted by atomic mass is 10.1. The third-order valence-electron chi connectivity index (χ3n) is 4.87. The maximum Gasteiger partial charge on any atom is 0.266 e. The maximum atomic E-state index is 13.5. The predicted octanol–water partition coefficient (Wildman–Crippen LogP) is 5.76. The van der Waals surface area contributed by atoms with Gasteiger partial charge < -0.3 is 0 Å². The van der Waals surface area contributed by atoms with Gasteiger partial charge in [0.05, 0.1) is 16.6 Å². The molecular formula is C22H28N2O2S2. The fraction of sp³-hybridized carbons (Fsp3) is 0.409. The number of sulfonamides is 1. The van der Waals surface area contributed by atoms with Gasteiger partial charge in [0.1, 0.15) is 0 Å². The molecule has 1 saturated heterocycles. The second-order valence-electron chi connectivity index (χ2n) is 7.16. The van der Waals surface area contributed by atoms with Crippen molar-refractivity contribution in [3.8, 4) is 0 Å². The zero-order valence-corrected chi connectivity index (χ0v) is 18.2. The summed E-state index contributed by atoms with van der Waals surface area (Å²) in [7, 11) is -3.63. The van der Waals surface area contributed by atoms with Gasteiger partial charge in [-0.3, -0.25) is 0 Å². The number of hydrogen-bond acceptors (Lipinski definition) is 4. The quantitative estimate of drug-likeness (QED) is 0.514. The molecule has 6 heteroatoms. The minimum atomic E-state index is -3.63. The van der Waals surface area contributed by atoms with Crippen molar-refractivity contribution in [1.29, 1.82) is 0 Å². The number of thioether (sulfide) groups is 1. The highest BCUT2D eigenvalue weighted by molar-refractivity contribution is 8.15. The Morgan fingerprint density at radius 3 is 2.43 bits per heavy atom. The Morgan fingerprint density at radius 1 is 1.04 bits per heavy atom. The number of amidine groups is 1. The first kappa shape index (κ1) is 20.9. The predicted molar refractivity (Wildman–Crippen MR) is 119 cm³/mol. The van der Waals surface area contributed by atoms with Gasteiger partial charge in [-0.05, 0) is 37.6 Å². The van der Waals surface area contributed by atoms with Crippen LogP contribution in [0.3, 0.4) is 0 Å². The van der Waals surface area contributed by atoms with Crippen LogP contribution in [0, 0.1) is 6.92 Å². The molecule has 1 unspecified atom stereocenters. The number of hydrogen-bond donors (Lipinski definition) is 0. The molecule has 1 fully saturated rings. The molecule has 0 saturated carbocycles. The molecule has 1 aliphatic rings. The van der Waals surface area contributed by atoms with E-state index in [1.54, 1.807) is 16.4 Å². The largest absolute Gasteiger partial charge is 0.266 e. The van der Waals surface area contributed by atoms with Crippen molar-refractivity contribution in [3.63, 3.8) is 0 Å². The van der Waals surface area contributed by atoms with Crippen LogP contribution in [0.2, 0.25) is 0 Å². The molecule has 3 rings (SSSR count). The molecule has 2 aromatic carbocycles. The first-order valence-corrected chi connectivity index (χ1v) is 12.3. The van der Waals surface area contributed by atoms with Crippen molar-refractivity contribution in [3.05, 3.63) is 60.2 Å². The molecule has 4 nitrogen and oxygen atoms in total. The fourth-order valence-electron chi connectivity index (χ4n) is 3.28. The fourth-order valence-corrected chi connectivity index (χ4v) is 6.46. The average Bonchev–Trinajstić information content (AvgIpc) is 3.09. The first-order chi connectivity index (χ1) is 13.5. The highest BCUT2D eigenvalue weighted by Gasteiger charge is 2.39. The molecule has 2 aromatic rings. The third-order valence-corrected chi connectivity index (χ3v) is 7.94. The molecule has 0 spiro atoms. The van der Waals surface area contributed by atoms with Crippen molar-refractivity contribution < 1.29 is 8.42 Å². The summed E-state index contributed by atoms with van der Waals surface area (Å²) in [6.45, 7) is 4.14. The molecule has 1 heterocycles. The van der Waals surface area contributed by atoms with Crippen molar-refractivity contribution >= 4 is 32.6 Å². The van der Waals surface area contributed by atoms with E-state index in [0.717, 1.165) is 36.3 Å². The second kappa shape index (κ2) is 9.61. The van der Waals surface area contributed by atoms with Gasteiger partial charge in [-0.15, -0.1) is 0 Å². The van der Waals surface area contributed by atoms with Gasteiger partial charge in [-0.1, -0.05) is 80.3 Å². The standard InChI is InChI=1S/C22H28N2O2S2/c1-3-4-5-9-12-20-17-27-22(23-19-10-7-6-8-11-19)24(20)28(25,26)21-15-13-18(2)14-16-21/h6-8,10-11,13-16,20H,3-5,9,12,17H2,1-2H3. The Kier molecular flexibility index (Phi) is 7.18. The van der Waals surface area contributed by atoms with Gasteiger partial charge in [-0.25, -0.2) is 17.7 Å². The number of para-hydroxylation sites is 1. The lowest BCUT2D eigenvalue weighted by Crippen LogP contribution is -2.39. The van der Waals surface area contributed by atoms with Crippen LogP contribution in [0.15, 0.2) is 64.5 Å². The SMILES string of the molecule is CCCCCCC1CSC(=Nc2ccccc2)N1S(=O)(=O)c1ccc(C)cc1. The maximum absolute atomic E-state index is 13.5. The lowest BCUT2D eigenvalue weighted by Gasteiger charge is -2.25. The molecule has 0 radical (unpaired) electrons. The summed E-state index contributed by atoms with van der Waals surface area (Å²) >= 11 is 1.54. The lowest BCUT2D eigenvalue weighted by molar-refractivity contribution is 0.429. The number of nitrogens with zero attached hydrogens (tertiary/aromatic N) is 2. The van der Waals surface area contributed by atoms with Crippen molar-refractivity contribution in [2.45, 2.75) is 56.9 Å². The molecule has 0 aliphatic carbocycles. The van der Waals surface area contributed by atoms with Crippen molar-refractivity contribution in [1.82, 2.24) is 4.31 Å². The summed E-state index contributed by atoms with van der Waals surface area (Å²) in [5, 5.41) is 0.576. The molecule has 1 aliphatic heterocycles. The van der Waals surface area contributed by atoms with E-state index in [2.05, 4.69) is 11.9 Å². The summed E-state index contributed by atoms with van der Waals surface area (Å²) in [4.78, 5) is 5.00. The van der Waals surface area contributed by atoms with Crippen LogP contribution in [-0.2, 0) is 10.0 Å². The van der Waals surface area contributed by atoms with Crippen molar-refractivity contribution in [2.75, 3.05) is 5.75 Å². The zero-order chi connectivity index (χ0) is 20.0. The Morgan fingerprint density at radius 2 is 1.75 bits per heavy atom. The van der Waals surface area contributed by atoms with E-state index < -0.39 is 10.0 Å². The van der Waals surface area contributed by atoms with Crippen LogP contribution in [0.5, 0.6) is 0 Å². The van der Waals surface area contributed by atoms with E-state index >= 15 is 0 Å². The summed E-state index contributed by atoms with van der Waals surface area (Å²) < 4.78 is 28.5. The molecule has 0 aromatic heterocycles. The summed E-state index contributed by atoms with van der Waals surface area (Å²) in [5.41, 5.74) is 1.82. The first-order valence-electron chi connectivity index (χ1n) is 9.90. The van der Waals surface area contributed by atoms with E-state index in [4.69, 9.17) is 0 Å². The van der Waals surface area contributed by atoms with Crippen LogP contribution < -0.4 is 0 Å². The third kappa shape index (κ3) is 4.97. The van der Waals surface area contributed by atoms with Crippen LogP contribution in [-0.4, -0.2) is 29.7 Å². The Labute approximate surface area is 173 Å². The minimum absolute atomic E-state index is 0.0457. The Hall–Kier alpha value is -1.79. The van der Waals surface area contributed by atoms with E-state index in [-0.39, 0.29) is 6.04 Å². The van der Waals surface area contributed by atoms with Gasteiger partial charge in [0.25, 0.3) is 10.0 Å². The molecule has 1 atom stereocenters. The molecule has 150 valence electrons. The van der Waals surface area contributed by atoms with E-state index in [0.29, 0.717) is 10.1 Å². The Balaban J connectivity index is 1.92. The number of aliphatic imine (C=N–C) groups is 1. The molecule has 0 amide bonds. The molecule has 0 N–H and O–H groups in total. The van der Waals surface area contributed by atoms with Crippen LogP contribution in [0.1, 0.15) is 44.6 Å². The van der Waals surface area contributed by atoms with Gasteiger partial charge in [0, 0.05) is 5.75 Å². The zero-order valence-electron chi connectivity index (χ0n) is 16.5. The number of rotatable bonds is 8. The van der Waals surface area contributed by atoms with E-state index in [1.807, 2.05) is 49.4 Å². The van der Waals surface area contributed by atoms with Gasteiger partial charge in [0.2, 0.25) is 0 Å². The van der Waals surface area contributed by atoms with Crippen LogP contribution >= 0.6 is 11.8 Å². The van der Waals surface area contributed by atoms with Crippen molar-refractivity contribution in [2.24, 2.45) is 4.99 Å². The summed E-state index contributed by atoms with van der Waals surface area (Å²) in [6, 6.07) is 16.6. The Bertz CT molecular complexity index is 894. The minimum Gasteiger partial charge on any atom is -0.240 e. The monoisotopic (exact) mass is 416 g/mol. The van der Waals surface area contributed by atoms with Gasteiger partial charge >= 0.3 is 0 Å². The number of aryl methyl sites for hydroxylation is 1. The summed E-state index contributed by atoms with van der Waals surface area (Å²) in [6.07, 6.45) is 5.41. The topological polar surface area (TPSA) is 49.7 Å². The number of benzene rings is 2. The van der Waals surface area contributed by atoms with E-state index in [9.17, 15) is 8.42 Å². The van der Waals surface area contributed by atoms with Crippen LogP contribution in [0.25, 0.3) is 0 Å². The van der Waals surface area contributed by atoms with Gasteiger partial charge in [0.15, 0.2) is 5.17 Å². The summed E-state index contributed by atoms with van der Waals surface area (Å²) in [5.74, 6) is 0.753. The number of unbranched alkanes of at least 4 members (excludes halogenated alkanes) is 3. The smallest absolute Gasteiger partial charge is 0.240 e.